The van der Waals surface area contributed by atoms with E-state index in [1.165, 1.54) is 108 Å². The first-order valence-corrected chi connectivity index (χ1v) is 29.8. The van der Waals surface area contributed by atoms with Gasteiger partial charge in [0.15, 0.2) is 0 Å². The SMILES string of the molecule is C[Si]1(C)c2cc(N(c3ccc(-c4ccccc4)cc3)c3ccc4ccc5ccccc5c4c3)ccc2-c2cc3ccc(N(c4ccc(-c5ccccc5)cc4)c4ccc5ccc6ccccc6c5c4)cc3c3cccc1c23. The van der Waals surface area contributed by atoms with Crippen molar-refractivity contribution in [2.24, 2.45) is 0 Å². The minimum atomic E-state index is -2.32. The van der Waals surface area contributed by atoms with Crippen molar-refractivity contribution in [3.63, 3.8) is 0 Å². The van der Waals surface area contributed by atoms with Crippen LogP contribution >= 0.6 is 0 Å². The Labute approximate surface area is 450 Å². The number of nitrogens with zero attached hydrogens (tertiary/aromatic N) is 2. The summed E-state index contributed by atoms with van der Waals surface area (Å²) in [6, 6.07) is 104. The lowest BCUT2D eigenvalue weighted by molar-refractivity contribution is 1.29. The molecule has 0 saturated carbocycles. The van der Waals surface area contributed by atoms with Gasteiger partial charge in [0.25, 0.3) is 0 Å². The zero-order chi connectivity index (χ0) is 51.2. The summed E-state index contributed by atoms with van der Waals surface area (Å²) >= 11 is 0. The van der Waals surface area contributed by atoms with E-state index in [9.17, 15) is 0 Å². The number of anilines is 6. The first kappa shape index (κ1) is 44.9. The Bertz CT molecular complexity index is 4640. The minimum Gasteiger partial charge on any atom is -0.310 e. The zero-order valence-electron chi connectivity index (χ0n) is 43.0. The van der Waals surface area contributed by atoms with E-state index in [4.69, 9.17) is 0 Å². The molecular formula is C74H52N2Si. The van der Waals surface area contributed by atoms with Crippen LogP contribution < -0.4 is 20.2 Å². The molecule has 0 unspecified atom stereocenters. The summed E-state index contributed by atoms with van der Waals surface area (Å²) in [4.78, 5) is 4.91. The Hall–Kier alpha value is -9.54. The summed E-state index contributed by atoms with van der Waals surface area (Å²) in [5.74, 6) is 0. The summed E-state index contributed by atoms with van der Waals surface area (Å²) in [5, 5.41) is 18.1. The Balaban J connectivity index is 0.884. The molecule has 362 valence electrons. The molecule has 0 spiro atoms. The zero-order valence-corrected chi connectivity index (χ0v) is 44.0. The fraction of sp³-hybridized carbons (Fsp3) is 0.0270. The largest absolute Gasteiger partial charge is 0.310 e. The van der Waals surface area contributed by atoms with Crippen molar-refractivity contribution in [3.8, 4) is 33.4 Å². The maximum atomic E-state index is 2.55. The van der Waals surface area contributed by atoms with E-state index < -0.39 is 8.07 Å². The first-order valence-electron chi connectivity index (χ1n) is 26.8. The van der Waals surface area contributed by atoms with E-state index in [0.717, 1.165) is 34.1 Å². The van der Waals surface area contributed by atoms with Crippen molar-refractivity contribution >= 4 is 117 Å². The van der Waals surface area contributed by atoms with E-state index in [0.29, 0.717) is 0 Å². The maximum absolute atomic E-state index is 2.55. The van der Waals surface area contributed by atoms with Gasteiger partial charge in [0.1, 0.15) is 8.07 Å². The molecule has 1 heterocycles. The lowest BCUT2D eigenvalue weighted by atomic mass is 9.92. The highest BCUT2D eigenvalue weighted by Gasteiger charge is 2.36. The first-order chi connectivity index (χ1) is 37.9. The van der Waals surface area contributed by atoms with Crippen molar-refractivity contribution in [2.75, 3.05) is 9.80 Å². The average molecular weight is 997 g/mol. The highest BCUT2D eigenvalue weighted by molar-refractivity contribution is 7.03. The van der Waals surface area contributed by atoms with Crippen molar-refractivity contribution in [1.29, 1.82) is 0 Å². The van der Waals surface area contributed by atoms with Gasteiger partial charge in [-0.05, 0) is 187 Å². The number of hydrogen-bond acceptors (Lipinski definition) is 2. The summed E-state index contributed by atoms with van der Waals surface area (Å²) < 4.78 is 0. The molecule has 14 aromatic rings. The van der Waals surface area contributed by atoms with E-state index in [1.54, 1.807) is 0 Å². The third-order valence-corrected chi connectivity index (χ3v) is 20.1. The van der Waals surface area contributed by atoms with Gasteiger partial charge in [0, 0.05) is 34.1 Å². The normalized spacial score (nSPS) is 12.6. The van der Waals surface area contributed by atoms with Gasteiger partial charge in [-0.25, -0.2) is 0 Å². The third-order valence-electron chi connectivity index (χ3n) is 16.6. The number of rotatable bonds is 8. The summed E-state index contributed by atoms with van der Waals surface area (Å²) in [7, 11) is -2.32. The van der Waals surface area contributed by atoms with Crippen molar-refractivity contribution in [1.82, 2.24) is 0 Å². The molecule has 0 aromatic heterocycles. The fourth-order valence-corrected chi connectivity index (χ4v) is 15.8. The monoisotopic (exact) mass is 996 g/mol. The van der Waals surface area contributed by atoms with Crippen molar-refractivity contribution in [2.45, 2.75) is 13.1 Å². The standard InChI is InChI=1S/C74H52N2Si/c1-77(2)72-23-13-22-67-70-47-62(75(58-35-28-51(29-36-58)49-14-5-3-6-15-49)60-39-32-55-26-24-53-18-9-11-20-64(53)68(55)45-60)41-34-57(70)44-71(74(67)72)66-43-42-63(48-73(66)77)76(59-37-30-52(31-38-59)50-16-7-4-8-17-50)61-40-33-56-27-25-54-19-10-12-21-65(54)69(56)46-61/h3-48H,1-2H3. The van der Waals surface area contributed by atoms with Crippen LogP contribution in [0.5, 0.6) is 0 Å². The molecule has 0 N–H and O–H groups in total. The molecule has 0 saturated heterocycles. The molecule has 0 radical (unpaired) electrons. The lowest BCUT2D eigenvalue weighted by Crippen LogP contribution is -2.56. The second kappa shape index (κ2) is 17.8. The Kier molecular flexibility index (Phi) is 10.4. The van der Waals surface area contributed by atoms with Gasteiger partial charge in [0.05, 0.1) is 0 Å². The molecule has 0 atom stereocenters. The van der Waals surface area contributed by atoms with Crippen LogP contribution in [-0.4, -0.2) is 8.07 Å². The summed E-state index contributed by atoms with van der Waals surface area (Å²) in [6.07, 6.45) is 0. The van der Waals surface area contributed by atoms with Crippen LogP contribution in [0, 0.1) is 0 Å². The molecule has 1 aliphatic heterocycles. The third kappa shape index (κ3) is 7.45. The number of fused-ring (bicyclic) bond motifs is 10. The highest BCUT2D eigenvalue weighted by Crippen LogP contribution is 2.45. The minimum absolute atomic E-state index is 1.11. The van der Waals surface area contributed by atoms with Crippen LogP contribution in [0.1, 0.15) is 0 Å². The molecule has 3 heteroatoms. The smallest absolute Gasteiger partial charge is 0.113 e. The molecule has 15 rings (SSSR count). The highest BCUT2D eigenvalue weighted by atomic mass is 28.3. The van der Waals surface area contributed by atoms with Gasteiger partial charge < -0.3 is 9.80 Å². The molecule has 0 bridgehead atoms. The predicted octanol–water partition coefficient (Wildman–Crippen LogP) is 19.7. The maximum Gasteiger partial charge on any atom is 0.113 e. The van der Waals surface area contributed by atoms with Gasteiger partial charge in [-0.15, -0.1) is 0 Å². The molecule has 0 aliphatic carbocycles. The Morgan fingerprint density at radius 1 is 0.234 bits per heavy atom. The second-order valence-electron chi connectivity index (χ2n) is 21.3. The molecular weight excluding hydrogens is 945 g/mol. The Morgan fingerprint density at radius 3 is 1.13 bits per heavy atom. The molecule has 2 nitrogen and oxygen atoms in total. The van der Waals surface area contributed by atoms with Gasteiger partial charge in [-0.3, -0.25) is 0 Å². The van der Waals surface area contributed by atoms with Crippen LogP contribution in [0.3, 0.4) is 0 Å². The van der Waals surface area contributed by atoms with E-state index >= 15 is 0 Å². The van der Waals surface area contributed by atoms with Gasteiger partial charge in [0.2, 0.25) is 0 Å². The quantitative estimate of drug-likeness (QED) is 0.111. The molecule has 77 heavy (non-hydrogen) atoms. The Morgan fingerprint density at radius 2 is 0.610 bits per heavy atom. The van der Waals surface area contributed by atoms with Crippen LogP contribution in [-0.2, 0) is 0 Å². The lowest BCUT2D eigenvalue weighted by Gasteiger charge is -2.36. The van der Waals surface area contributed by atoms with Crippen LogP contribution in [0.15, 0.2) is 279 Å². The summed E-state index contributed by atoms with van der Waals surface area (Å²) in [6.45, 7) is 5.11. The van der Waals surface area contributed by atoms with E-state index in [1.807, 2.05) is 0 Å². The van der Waals surface area contributed by atoms with Crippen LogP contribution in [0.25, 0.3) is 98.0 Å². The molecule has 1 aliphatic rings. The number of hydrogen-bond donors (Lipinski definition) is 0. The molecule has 0 fully saturated rings. The van der Waals surface area contributed by atoms with Gasteiger partial charge in [-0.2, -0.15) is 0 Å². The van der Waals surface area contributed by atoms with Gasteiger partial charge >= 0.3 is 0 Å². The van der Waals surface area contributed by atoms with Crippen molar-refractivity contribution < 1.29 is 0 Å². The average Bonchev–Trinajstić information content (AvgIpc) is 3.60. The molecule has 14 aromatic carbocycles. The fourth-order valence-electron chi connectivity index (χ4n) is 12.7. The van der Waals surface area contributed by atoms with Gasteiger partial charge in [-0.1, -0.05) is 213 Å². The van der Waals surface area contributed by atoms with Crippen LogP contribution in [0.4, 0.5) is 34.1 Å². The second-order valence-corrected chi connectivity index (χ2v) is 25.6. The number of benzene rings is 14. The van der Waals surface area contributed by atoms with E-state index in [2.05, 4.69) is 302 Å². The van der Waals surface area contributed by atoms with Crippen molar-refractivity contribution in [3.05, 3.63) is 279 Å². The topological polar surface area (TPSA) is 6.48 Å². The van der Waals surface area contributed by atoms with E-state index in [-0.39, 0.29) is 0 Å². The predicted molar refractivity (Wildman–Crippen MR) is 334 cm³/mol. The van der Waals surface area contributed by atoms with Crippen LogP contribution in [0.2, 0.25) is 13.1 Å². The molecule has 0 amide bonds. The summed E-state index contributed by atoms with van der Waals surface area (Å²) in [5.41, 5.74) is 14.3.